The van der Waals surface area contributed by atoms with Crippen LogP contribution in [0.4, 0.5) is 0 Å². The topological polar surface area (TPSA) is 146 Å². The molecule has 2 amide bonds. The maximum atomic E-state index is 13.8. The molecule has 0 aromatic heterocycles. The monoisotopic (exact) mass is 856 g/mol. The smallest absolute Gasteiger partial charge is 0.328 e. The number of nitrogens with zero attached hydrogens (tertiary/aromatic N) is 2. The van der Waals surface area contributed by atoms with E-state index < -0.39 is 47.5 Å². The molecule has 2 heterocycles. The van der Waals surface area contributed by atoms with Gasteiger partial charge in [-0.3, -0.25) is 19.2 Å². The Morgan fingerprint density at radius 3 is 1.61 bits per heavy atom. The predicted molar refractivity (Wildman–Crippen MR) is 233 cm³/mol. The fourth-order valence-corrected chi connectivity index (χ4v) is 10.2. The van der Waals surface area contributed by atoms with Crippen LogP contribution in [0, 0.1) is 23.7 Å². The summed E-state index contributed by atoms with van der Waals surface area (Å²) in [5, 5.41) is 0. The van der Waals surface area contributed by atoms with Gasteiger partial charge in [-0.05, 0) is 156 Å². The van der Waals surface area contributed by atoms with E-state index >= 15 is 0 Å². The van der Waals surface area contributed by atoms with Crippen molar-refractivity contribution >= 4 is 35.3 Å². The molecule has 4 fully saturated rings. The minimum absolute atomic E-state index is 0.114. The van der Waals surface area contributed by atoms with Crippen molar-refractivity contribution in [3.63, 3.8) is 0 Å². The van der Waals surface area contributed by atoms with Gasteiger partial charge in [0.25, 0.3) is 11.8 Å². The summed E-state index contributed by atoms with van der Waals surface area (Å²) in [6.45, 7) is 1.15. The molecule has 2 aliphatic carbocycles. The van der Waals surface area contributed by atoms with E-state index in [0.717, 1.165) is 87.7 Å². The Balaban J connectivity index is 0.985. The number of hydrogen-bond acceptors (Lipinski definition) is 10. The molecule has 12 heteroatoms. The normalized spacial score (nSPS) is 23.2. The fraction of sp³-hybridized carbons (Fsp3) is 0.640. The van der Waals surface area contributed by atoms with Crippen molar-refractivity contribution in [2.45, 2.75) is 141 Å². The second-order valence-corrected chi connectivity index (χ2v) is 17.9. The Kier molecular flexibility index (Phi) is 17.8. The largest absolute Gasteiger partial charge is 0.497 e. The molecule has 4 aliphatic rings. The fourth-order valence-electron chi connectivity index (χ4n) is 10.2. The Bertz CT molecular complexity index is 1800. The molecule has 0 radical (unpaired) electrons. The van der Waals surface area contributed by atoms with Crippen molar-refractivity contribution in [3.05, 3.63) is 59.7 Å². The molecule has 3 atom stereocenters. The summed E-state index contributed by atoms with van der Waals surface area (Å²) in [7, 11) is 3.27. The van der Waals surface area contributed by atoms with Crippen LogP contribution < -0.4 is 9.47 Å². The molecule has 2 aromatic rings. The average Bonchev–Trinajstić information content (AvgIpc) is 3.33. The van der Waals surface area contributed by atoms with Crippen LogP contribution in [-0.2, 0) is 51.1 Å². The number of Topliss-reactive ketones (excluding diaryl/α,β-unsaturated/α-hetero) is 2. The molecular weight excluding hydrogens is 789 g/mol. The maximum absolute atomic E-state index is 13.8. The summed E-state index contributed by atoms with van der Waals surface area (Å²) >= 11 is 0. The molecule has 2 aromatic carbocycles. The van der Waals surface area contributed by atoms with E-state index in [1.54, 1.807) is 14.2 Å². The first-order valence-electron chi connectivity index (χ1n) is 23.5. The molecule has 0 spiro atoms. The molecule has 3 unspecified atom stereocenters. The lowest BCUT2D eigenvalue weighted by Gasteiger charge is -2.42. The zero-order valence-corrected chi connectivity index (χ0v) is 37.0. The van der Waals surface area contributed by atoms with Crippen LogP contribution in [0.1, 0.15) is 127 Å². The van der Waals surface area contributed by atoms with Gasteiger partial charge >= 0.3 is 11.9 Å². The molecule has 0 N–H and O–H groups in total. The van der Waals surface area contributed by atoms with Gasteiger partial charge in [0.1, 0.15) is 23.6 Å². The second kappa shape index (κ2) is 23.6. The lowest BCUT2D eigenvalue weighted by Crippen LogP contribution is -2.54. The Labute approximate surface area is 367 Å². The van der Waals surface area contributed by atoms with Crippen LogP contribution >= 0.6 is 0 Å². The Hall–Kier alpha value is -4.74. The zero-order chi connectivity index (χ0) is 43.8. The number of ketones is 2. The SMILES string of the molecule is COc1ccc(CCCCCOC(=O)C2CC(C3CCC(C(=O)C(=O)N4CCCCC4C(=O)OCCCc4ccc(OC)cc4)CC3)CCN2C(=O)C(=O)C2CCCCC2)cc1. The maximum Gasteiger partial charge on any atom is 0.328 e. The Morgan fingerprint density at radius 2 is 1.02 bits per heavy atom. The first-order chi connectivity index (χ1) is 30.2. The van der Waals surface area contributed by atoms with Gasteiger partial charge in [0.05, 0.1) is 27.4 Å². The Morgan fingerprint density at radius 1 is 0.500 bits per heavy atom. The van der Waals surface area contributed by atoms with Crippen LogP contribution in [0.15, 0.2) is 48.5 Å². The van der Waals surface area contributed by atoms with E-state index in [-0.39, 0.29) is 36.8 Å². The number of methoxy groups -OCH3 is 2. The minimum atomic E-state index is -0.827. The predicted octanol–water partition coefficient (Wildman–Crippen LogP) is 7.65. The van der Waals surface area contributed by atoms with Gasteiger partial charge in [0, 0.05) is 24.9 Å². The number of esters is 2. The first kappa shape index (κ1) is 46.8. The summed E-state index contributed by atoms with van der Waals surface area (Å²) < 4.78 is 21.9. The van der Waals surface area contributed by atoms with Gasteiger partial charge in [-0.1, -0.05) is 43.5 Å². The number of ether oxygens (including phenoxy) is 4. The highest BCUT2D eigenvalue weighted by atomic mass is 16.5. The van der Waals surface area contributed by atoms with E-state index in [1.807, 2.05) is 36.4 Å². The minimum Gasteiger partial charge on any atom is -0.497 e. The molecule has 2 saturated heterocycles. The van der Waals surface area contributed by atoms with Crippen LogP contribution in [0.5, 0.6) is 11.5 Å². The first-order valence-corrected chi connectivity index (χ1v) is 23.5. The third-order valence-electron chi connectivity index (χ3n) is 13.9. The molecule has 6 rings (SSSR count). The molecule has 2 saturated carbocycles. The van der Waals surface area contributed by atoms with Crippen molar-refractivity contribution in [2.75, 3.05) is 40.5 Å². The van der Waals surface area contributed by atoms with Gasteiger partial charge < -0.3 is 28.7 Å². The highest BCUT2D eigenvalue weighted by Gasteiger charge is 2.45. The molecule has 62 heavy (non-hydrogen) atoms. The number of amides is 2. The van der Waals surface area contributed by atoms with E-state index in [1.165, 1.54) is 15.4 Å². The number of carbonyl (C=O) groups excluding carboxylic acids is 6. The number of likely N-dealkylation sites (tertiary alicyclic amines) is 2. The third-order valence-corrected chi connectivity index (χ3v) is 13.9. The van der Waals surface area contributed by atoms with Gasteiger partial charge in [0.2, 0.25) is 11.6 Å². The summed E-state index contributed by atoms with van der Waals surface area (Å²) in [4.78, 5) is 84.6. The van der Waals surface area contributed by atoms with Crippen LogP contribution in [0.2, 0.25) is 0 Å². The van der Waals surface area contributed by atoms with Gasteiger partial charge in [-0.2, -0.15) is 0 Å². The summed E-state index contributed by atoms with van der Waals surface area (Å²) in [5.41, 5.74) is 2.33. The van der Waals surface area contributed by atoms with E-state index in [9.17, 15) is 28.8 Å². The van der Waals surface area contributed by atoms with Crippen LogP contribution in [-0.4, -0.2) is 97.7 Å². The number of rotatable bonds is 19. The van der Waals surface area contributed by atoms with Crippen LogP contribution in [0.3, 0.4) is 0 Å². The third kappa shape index (κ3) is 12.7. The number of hydrogen-bond donors (Lipinski definition) is 0. The summed E-state index contributed by atoms with van der Waals surface area (Å²) in [6.07, 6.45) is 14.8. The molecule has 2 aliphatic heterocycles. The summed E-state index contributed by atoms with van der Waals surface area (Å²) in [5.74, 6) is -1.64. The van der Waals surface area contributed by atoms with Gasteiger partial charge in [0.15, 0.2) is 0 Å². The quantitative estimate of drug-likeness (QED) is 0.0785. The van der Waals surface area contributed by atoms with Crippen molar-refractivity contribution in [3.8, 4) is 11.5 Å². The van der Waals surface area contributed by atoms with Crippen molar-refractivity contribution in [1.82, 2.24) is 9.80 Å². The number of benzene rings is 2. The van der Waals surface area contributed by atoms with E-state index in [0.29, 0.717) is 70.9 Å². The lowest BCUT2D eigenvalue weighted by atomic mass is 9.70. The lowest BCUT2D eigenvalue weighted by molar-refractivity contribution is -0.162. The number of aryl methyl sites for hydroxylation is 2. The standard InChI is InChI=1S/C50H68N2O10/c1-59-41-25-17-35(18-26-41)12-5-4-10-32-61-50(58)44-34-40(29-31-52(44)48(56)45(53)38-14-6-3-7-15-38)37-21-23-39(24-22-37)46(54)47(55)51-30-9-8-16-43(51)49(57)62-33-11-13-36-19-27-42(60-2)28-20-36/h17-20,25-28,37-40,43-44H,3-16,21-24,29-34H2,1-2H3. The van der Waals surface area contributed by atoms with Gasteiger partial charge in [-0.15, -0.1) is 0 Å². The number of unbranched alkanes of at least 4 members (excludes halogenated alkanes) is 2. The van der Waals surface area contributed by atoms with E-state index in [2.05, 4.69) is 12.1 Å². The average molecular weight is 857 g/mol. The zero-order valence-electron chi connectivity index (χ0n) is 37.0. The molecular formula is C50H68N2O10. The van der Waals surface area contributed by atoms with E-state index in [4.69, 9.17) is 18.9 Å². The highest BCUT2D eigenvalue weighted by Crippen LogP contribution is 2.41. The number of piperidine rings is 2. The van der Waals surface area contributed by atoms with Crippen molar-refractivity contribution in [2.24, 2.45) is 23.7 Å². The number of carbonyl (C=O) groups is 6. The molecule has 12 nitrogen and oxygen atoms in total. The van der Waals surface area contributed by atoms with Gasteiger partial charge in [-0.25, -0.2) is 9.59 Å². The van der Waals surface area contributed by atoms with Crippen LogP contribution in [0.25, 0.3) is 0 Å². The molecule has 338 valence electrons. The second-order valence-electron chi connectivity index (χ2n) is 17.9. The molecule has 0 bridgehead atoms. The summed E-state index contributed by atoms with van der Waals surface area (Å²) in [6, 6.07) is 14.2. The van der Waals surface area contributed by atoms with Crippen molar-refractivity contribution < 1.29 is 47.7 Å². The van der Waals surface area contributed by atoms with Crippen molar-refractivity contribution in [1.29, 1.82) is 0 Å². The highest BCUT2D eigenvalue weighted by molar-refractivity contribution is 6.37.